The van der Waals surface area contributed by atoms with Gasteiger partial charge in [-0.3, -0.25) is 19.3 Å². The van der Waals surface area contributed by atoms with E-state index in [-0.39, 0.29) is 36.1 Å². The number of aryl methyl sites for hydroxylation is 1. The maximum atomic E-state index is 13.9. The molecule has 1 aliphatic carbocycles. The minimum Gasteiger partial charge on any atom is -0.367 e. The van der Waals surface area contributed by atoms with Crippen LogP contribution in [-0.4, -0.2) is 78.0 Å². The Morgan fingerprint density at radius 2 is 1.92 bits per heavy atom. The summed E-state index contributed by atoms with van der Waals surface area (Å²) in [6.07, 6.45) is 10.2. The topological polar surface area (TPSA) is 91.0 Å². The summed E-state index contributed by atoms with van der Waals surface area (Å²) < 4.78 is 6.15. The van der Waals surface area contributed by atoms with Crippen molar-refractivity contribution < 1.29 is 19.1 Å². The van der Waals surface area contributed by atoms with Crippen LogP contribution in [0.3, 0.4) is 0 Å². The first kappa shape index (κ1) is 29.0. The molecular weight excluding hydrogens is 492 g/mol. The van der Waals surface area contributed by atoms with Crippen LogP contribution in [0.2, 0.25) is 0 Å². The molecule has 2 heterocycles. The van der Waals surface area contributed by atoms with Crippen molar-refractivity contribution in [3.63, 3.8) is 0 Å². The molecule has 3 aliphatic rings. The predicted octanol–water partition coefficient (Wildman–Crippen LogP) is 3.83. The molecule has 0 aromatic heterocycles. The van der Waals surface area contributed by atoms with Crippen molar-refractivity contribution in [2.75, 3.05) is 31.6 Å². The van der Waals surface area contributed by atoms with Crippen LogP contribution in [0, 0.1) is 0 Å². The van der Waals surface area contributed by atoms with Gasteiger partial charge in [0, 0.05) is 30.4 Å². The highest BCUT2D eigenvalue weighted by molar-refractivity contribution is 6.09. The Morgan fingerprint density at radius 3 is 2.64 bits per heavy atom. The van der Waals surface area contributed by atoms with Gasteiger partial charge in [0.2, 0.25) is 11.8 Å². The van der Waals surface area contributed by atoms with Gasteiger partial charge in [0.15, 0.2) is 0 Å². The van der Waals surface area contributed by atoms with E-state index in [9.17, 15) is 14.4 Å². The van der Waals surface area contributed by atoms with Gasteiger partial charge < -0.3 is 20.3 Å². The molecule has 1 aromatic rings. The van der Waals surface area contributed by atoms with E-state index in [0.717, 1.165) is 63.6 Å². The number of nitrogens with one attached hydrogen (secondary N) is 2. The van der Waals surface area contributed by atoms with Crippen LogP contribution in [0.15, 0.2) is 48.6 Å². The molecule has 1 saturated carbocycles. The van der Waals surface area contributed by atoms with Gasteiger partial charge in [-0.1, -0.05) is 51.3 Å². The summed E-state index contributed by atoms with van der Waals surface area (Å²) in [6.45, 7) is 10.3. The fraction of sp³-hybridized carbons (Fsp3) is 0.581. The van der Waals surface area contributed by atoms with Crippen molar-refractivity contribution >= 4 is 23.4 Å². The fourth-order valence-corrected chi connectivity index (χ4v) is 6.01. The van der Waals surface area contributed by atoms with Gasteiger partial charge in [-0.25, -0.2) is 0 Å². The molecule has 2 N–H and O–H groups in total. The maximum Gasteiger partial charge on any atom is 0.254 e. The number of anilines is 1. The third kappa shape index (κ3) is 7.37. The van der Waals surface area contributed by atoms with Crippen LogP contribution < -0.4 is 10.6 Å². The summed E-state index contributed by atoms with van der Waals surface area (Å²) in [5.41, 5.74) is 1.94. The molecule has 1 saturated heterocycles. The van der Waals surface area contributed by atoms with E-state index >= 15 is 0 Å². The largest absolute Gasteiger partial charge is 0.367 e. The van der Waals surface area contributed by atoms with E-state index in [1.807, 2.05) is 24.3 Å². The molecule has 0 spiro atoms. The van der Waals surface area contributed by atoms with Gasteiger partial charge in [0.25, 0.3) is 5.91 Å². The molecule has 3 atom stereocenters. The van der Waals surface area contributed by atoms with E-state index < -0.39 is 18.1 Å². The number of hydrogen-bond acceptors (Lipinski definition) is 5. The third-order valence-corrected chi connectivity index (χ3v) is 8.31. The van der Waals surface area contributed by atoms with E-state index in [4.69, 9.17) is 4.74 Å². The summed E-state index contributed by atoms with van der Waals surface area (Å²) >= 11 is 0. The lowest BCUT2D eigenvalue weighted by atomic mass is 9.95. The molecule has 3 unspecified atom stereocenters. The molecule has 212 valence electrons. The molecule has 0 bridgehead atoms. The second-order valence-corrected chi connectivity index (χ2v) is 10.9. The maximum absolute atomic E-state index is 13.9. The van der Waals surface area contributed by atoms with Gasteiger partial charge in [0.05, 0.1) is 12.2 Å². The molecule has 0 radical (unpaired) electrons. The zero-order chi connectivity index (χ0) is 27.8. The Morgan fingerprint density at radius 1 is 1.13 bits per heavy atom. The summed E-state index contributed by atoms with van der Waals surface area (Å²) in [7, 11) is 0. The zero-order valence-corrected chi connectivity index (χ0v) is 23.5. The Hall–Kier alpha value is -2.97. The number of ether oxygens (including phenoxy) is 1. The lowest BCUT2D eigenvalue weighted by molar-refractivity contribution is -0.142. The van der Waals surface area contributed by atoms with Crippen LogP contribution in [0.1, 0.15) is 64.4 Å². The number of carbonyl (C=O) groups excluding carboxylic acids is 3. The highest BCUT2D eigenvalue weighted by Crippen LogP contribution is 2.24. The Bertz CT molecular complexity index is 1060. The van der Waals surface area contributed by atoms with Gasteiger partial charge in [-0.15, -0.1) is 6.58 Å². The standard InChI is InChI=1S/C31H44N4O4/c1-4-22-12-10-15-24(18-22)33-30(37)26-19-29(36)35(20-25-16-11-17-34(25)6-3)27(21-39-28(26)5-2)31(38)32-23-13-8-7-9-14-23/h5,10,12,15,18-19,23,25,27-28H,2,4,6-9,11,13-14,16-17,20-21H2,1,3H3,(H,32,38)(H,33,37)/b26-19-. The zero-order valence-electron chi connectivity index (χ0n) is 23.5. The molecule has 8 heteroatoms. The monoisotopic (exact) mass is 536 g/mol. The summed E-state index contributed by atoms with van der Waals surface area (Å²) in [4.78, 5) is 44.9. The fourth-order valence-electron chi connectivity index (χ4n) is 6.01. The first-order chi connectivity index (χ1) is 18.9. The number of rotatable bonds is 9. The van der Waals surface area contributed by atoms with Crippen LogP contribution in [-0.2, 0) is 25.5 Å². The van der Waals surface area contributed by atoms with Crippen LogP contribution in [0.25, 0.3) is 0 Å². The van der Waals surface area contributed by atoms with Gasteiger partial charge in [0.1, 0.15) is 12.1 Å². The van der Waals surface area contributed by atoms with Gasteiger partial charge in [-0.05, 0) is 62.9 Å². The first-order valence-electron chi connectivity index (χ1n) is 14.6. The Labute approximate surface area is 232 Å². The predicted molar refractivity (Wildman–Crippen MR) is 153 cm³/mol. The Kier molecular flexibility index (Phi) is 10.3. The molecule has 1 aromatic carbocycles. The molecule has 3 amide bonds. The number of amides is 3. The van der Waals surface area contributed by atoms with Crippen molar-refractivity contribution in [2.45, 2.75) is 89.4 Å². The normalized spacial score (nSPS) is 26.3. The molecule has 8 nitrogen and oxygen atoms in total. The van der Waals surface area contributed by atoms with Crippen molar-refractivity contribution in [1.82, 2.24) is 15.1 Å². The van der Waals surface area contributed by atoms with Crippen LogP contribution in [0.5, 0.6) is 0 Å². The number of carbonyl (C=O) groups is 3. The summed E-state index contributed by atoms with van der Waals surface area (Å²) in [5, 5.41) is 6.11. The first-order valence-corrected chi connectivity index (χ1v) is 14.6. The summed E-state index contributed by atoms with van der Waals surface area (Å²) in [6, 6.07) is 7.16. The quantitative estimate of drug-likeness (QED) is 0.468. The second-order valence-electron chi connectivity index (χ2n) is 10.9. The van der Waals surface area contributed by atoms with Crippen LogP contribution in [0.4, 0.5) is 5.69 Å². The minimum absolute atomic E-state index is 0.00420. The van der Waals surface area contributed by atoms with E-state index in [2.05, 4.69) is 36.0 Å². The number of nitrogens with zero attached hydrogens (tertiary/aromatic N) is 2. The van der Waals surface area contributed by atoms with Crippen molar-refractivity contribution in [3.8, 4) is 0 Å². The molecule has 2 aliphatic heterocycles. The average molecular weight is 537 g/mol. The van der Waals surface area contributed by atoms with Crippen molar-refractivity contribution in [2.24, 2.45) is 0 Å². The number of likely N-dealkylation sites (N-methyl/N-ethyl adjacent to an activating group) is 1. The number of likely N-dealkylation sites (tertiary alicyclic amines) is 1. The lowest BCUT2D eigenvalue weighted by Crippen LogP contribution is -2.57. The van der Waals surface area contributed by atoms with Gasteiger partial charge in [-0.2, -0.15) is 0 Å². The number of benzene rings is 1. The molecular formula is C31H44N4O4. The van der Waals surface area contributed by atoms with Crippen molar-refractivity contribution in [3.05, 3.63) is 54.1 Å². The number of hydrogen-bond donors (Lipinski definition) is 2. The van der Waals surface area contributed by atoms with E-state index in [0.29, 0.717) is 12.2 Å². The van der Waals surface area contributed by atoms with Gasteiger partial charge >= 0.3 is 0 Å². The lowest BCUT2D eigenvalue weighted by Gasteiger charge is -2.37. The molecule has 4 rings (SSSR count). The minimum atomic E-state index is -0.811. The van der Waals surface area contributed by atoms with Crippen LogP contribution >= 0.6 is 0 Å². The third-order valence-electron chi connectivity index (χ3n) is 8.31. The smallest absolute Gasteiger partial charge is 0.254 e. The average Bonchev–Trinajstić information content (AvgIpc) is 3.40. The highest BCUT2D eigenvalue weighted by atomic mass is 16.5. The van der Waals surface area contributed by atoms with E-state index in [1.165, 1.54) is 18.6 Å². The molecule has 39 heavy (non-hydrogen) atoms. The molecule has 2 fully saturated rings. The Balaban J connectivity index is 1.60. The van der Waals surface area contributed by atoms with E-state index in [1.54, 1.807) is 4.90 Å². The SMILES string of the molecule is C=CC1OCC(C(=O)NC2CCCCC2)N(CC2CCCN2CC)C(=O)/C=C/1C(=O)Nc1cccc(CC)c1. The second kappa shape index (κ2) is 13.9. The van der Waals surface area contributed by atoms with Crippen molar-refractivity contribution in [1.29, 1.82) is 0 Å². The summed E-state index contributed by atoms with van der Waals surface area (Å²) in [5.74, 6) is -0.941. The highest BCUT2D eigenvalue weighted by Gasteiger charge is 2.38.